The van der Waals surface area contributed by atoms with Gasteiger partial charge < -0.3 is 9.73 Å². The number of aryl methyl sites for hydroxylation is 1. The van der Waals surface area contributed by atoms with Crippen LogP contribution in [0.25, 0.3) is 11.1 Å². The maximum Gasteiger partial charge on any atom is 0.421 e. The Balaban J connectivity index is 1.89. The number of rotatable bonds is 3. The number of anilines is 1. The van der Waals surface area contributed by atoms with Crippen molar-refractivity contribution in [3.05, 3.63) is 63.6 Å². The van der Waals surface area contributed by atoms with Crippen LogP contribution in [0.3, 0.4) is 0 Å². The lowest BCUT2D eigenvalue weighted by molar-refractivity contribution is 0.515. The third kappa shape index (κ3) is 2.42. The molecular weight excluding hydrogens is 276 g/mol. The second-order valence-electron chi connectivity index (χ2n) is 4.61. The van der Waals surface area contributed by atoms with Gasteiger partial charge in [-0.25, -0.2) is 4.79 Å². The molecule has 5 heteroatoms. The average molecular weight is 289 g/mol. The Morgan fingerprint density at radius 2 is 1.95 bits per heavy atom. The van der Waals surface area contributed by atoms with E-state index in [0.717, 1.165) is 11.2 Å². The number of aromatic nitrogens is 1. The van der Waals surface area contributed by atoms with Gasteiger partial charge in [0.15, 0.2) is 5.58 Å². The summed E-state index contributed by atoms with van der Waals surface area (Å²) in [4.78, 5) is 11.8. The second-order valence-corrected chi connectivity index (χ2v) is 5.05. The molecule has 0 bridgehead atoms. The minimum absolute atomic E-state index is 0.344. The van der Waals surface area contributed by atoms with E-state index in [4.69, 9.17) is 16.0 Å². The molecule has 1 N–H and O–H groups in total. The second kappa shape index (κ2) is 5.06. The molecular formula is C15H13ClN2O2. The summed E-state index contributed by atoms with van der Waals surface area (Å²) >= 11 is 5.88. The first-order valence-corrected chi connectivity index (χ1v) is 6.61. The van der Waals surface area contributed by atoms with Crippen LogP contribution in [0.4, 0.5) is 5.69 Å². The maximum absolute atomic E-state index is 11.8. The predicted octanol–water partition coefficient (Wildman–Crippen LogP) is 3.63. The van der Waals surface area contributed by atoms with Gasteiger partial charge in [-0.15, -0.1) is 0 Å². The van der Waals surface area contributed by atoms with E-state index in [-0.39, 0.29) is 0 Å². The molecule has 3 aromatic rings. The van der Waals surface area contributed by atoms with E-state index in [9.17, 15) is 4.79 Å². The Morgan fingerprint density at radius 1 is 1.20 bits per heavy atom. The number of hydrogen-bond donors (Lipinski definition) is 1. The molecule has 0 atom stereocenters. The van der Waals surface area contributed by atoms with E-state index >= 15 is 0 Å². The third-order valence-corrected chi connectivity index (χ3v) is 3.36. The Morgan fingerprint density at radius 3 is 2.70 bits per heavy atom. The van der Waals surface area contributed by atoms with E-state index in [0.29, 0.717) is 17.3 Å². The minimum atomic E-state index is -0.401. The smallest absolute Gasteiger partial charge is 0.408 e. The van der Waals surface area contributed by atoms with Gasteiger partial charge in [0.05, 0.1) is 12.2 Å². The van der Waals surface area contributed by atoms with Crippen molar-refractivity contribution >= 4 is 28.4 Å². The molecule has 0 aliphatic heterocycles. The summed E-state index contributed by atoms with van der Waals surface area (Å²) in [6, 6.07) is 13.1. The van der Waals surface area contributed by atoms with Gasteiger partial charge >= 0.3 is 5.76 Å². The summed E-state index contributed by atoms with van der Waals surface area (Å²) in [5, 5.41) is 3.74. The summed E-state index contributed by atoms with van der Waals surface area (Å²) < 4.78 is 6.70. The Hall–Kier alpha value is -2.20. The quantitative estimate of drug-likeness (QED) is 0.800. The fourth-order valence-corrected chi connectivity index (χ4v) is 2.19. The largest absolute Gasteiger partial charge is 0.421 e. The number of hydrogen-bond acceptors (Lipinski definition) is 3. The van der Waals surface area contributed by atoms with Gasteiger partial charge in [-0.1, -0.05) is 29.3 Å². The summed E-state index contributed by atoms with van der Waals surface area (Å²) in [6.07, 6.45) is 0. The lowest BCUT2D eigenvalue weighted by Crippen LogP contribution is -2.19. The molecule has 0 unspecified atom stereocenters. The molecule has 0 aliphatic rings. The summed E-state index contributed by atoms with van der Waals surface area (Å²) in [6.45, 7) is 2.37. The zero-order valence-electron chi connectivity index (χ0n) is 10.9. The van der Waals surface area contributed by atoms with Crippen LogP contribution < -0.4 is 11.1 Å². The number of nitrogens with one attached hydrogen (secondary N) is 1. The van der Waals surface area contributed by atoms with Crippen LogP contribution in [0.1, 0.15) is 5.56 Å². The first kappa shape index (κ1) is 12.8. The average Bonchev–Trinajstić information content (AvgIpc) is 2.73. The van der Waals surface area contributed by atoms with Crippen molar-refractivity contribution in [2.75, 3.05) is 5.32 Å². The minimum Gasteiger partial charge on any atom is -0.408 e. The summed E-state index contributed by atoms with van der Waals surface area (Å²) in [5.74, 6) is -0.401. The lowest BCUT2D eigenvalue weighted by atomic mass is 10.2. The molecule has 0 amide bonds. The number of halogens is 1. The van der Waals surface area contributed by atoms with Crippen LogP contribution in [0.2, 0.25) is 5.02 Å². The van der Waals surface area contributed by atoms with Crippen molar-refractivity contribution in [2.45, 2.75) is 13.6 Å². The molecule has 0 saturated carbocycles. The number of nitrogens with zero attached hydrogens (tertiary/aromatic N) is 1. The highest BCUT2D eigenvalue weighted by molar-refractivity contribution is 6.31. The fraction of sp³-hybridized carbons (Fsp3) is 0.133. The normalized spacial score (nSPS) is 10.9. The van der Waals surface area contributed by atoms with Gasteiger partial charge in [-0.05, 0) is 31.2 Å². The van der Waals surface area contributed by atoms with Crippen molar-refractivity contribution in [3.63, 3.8) is 0 Å². The molecule has 1 aromatic heterocycles. The molecule has 2 aromatic carbocycles. The Labute approximate surface area is 120 Å². The van der Waals surface area contributed by atoms with Gasteiger partial charge in [-0.2, -0.15) is 0 Å². The first-order chi connectivity index (χ1) is 9.63. The topological polar surface area (TPSA) is 47.2 Å². The van der Waals surface area contributed by atoms with E-state index in [2.05, 4.69) is 5.32 Å². The van der Waals surface area contributed by atoms with Crippen molar-refractivity contribution in [3.8, 4) is 0 Å². The molecule has 3 rings (SSSR count). The lowest BCUT2D eigenvalue weighted by Gasteiger charge is -2.07. The molecule has 1 heterocycles. The van der Waals surface area contributed by atoms with Crippen molar-refractivity contribution in [1.29, 1.82) is 0 Å². The summed E-state index contributed by atoms with van der Waals surface area (Å²) in [7, 11) is 0. The van der Waals surface area contributed by atoms with Crippen LogP contribution in [0.5, 0.6) is 0 Å². The molecule has 0 radical (unpaired) electrons. The van der Waals surface area contributed by atoms with Crippen LogP contribution in [0, 0.1) is 6.92 Å². The van der Waals surface area contributed by atoms with Crippen LogP contribution in [-0.2, 0) is 6.67 Å². The maximum atomic E-state index is 11.8. The van der Waals surface area contributed by atoms with E-state index < -0.39 is 5.76 Å². The van der Waals surface area contributed by atoms with Crippen molar-refractivity contribution in [1.82, 2.24) is 4.57 Å². The van der Waals surface area contributed by atoms with E-state index in [1.54, 1.807) is 18.2 Å². The first-order valence-electron chi connectivity index (χ1n) is 6.23. The summed E-state index contributed by atoms with van der Waals surface area (Å²) in [5.41, 5.74) is 3.36. The highest BCUT2D eigenvalue weighted by Gasteiger charge is 2.09. The number of fused-ring (bicyclic) bond motifs is 1. The Bertz CT molecular complexity index is 803. The van der Waals surface area contributed by atoms with Crippen LogP contribution in [0.15, 0.2) is 51.7 Å². The monoisotopic (exact) mass is 288 g/mol. The zero-order chi connectivity index (χ0) is 14.1. The molecule has 0 saturated heterocycles. The van der Waals surface area contributed by atoms with Gasteiger partial charge in [-0.3, -0.25) is 4.57 Å². The van der Waals surface area contributed by atoms with Gasteiger partial charge in [0.1, 0.15) is 0 Å². The highest BCUT2D eigenvalue weighted by atomic mass is 35.5. The van der Waals surface area contributed by atoms with Crippen LogP contribution in [-0.4, -0.2) is 4.57 Å². The van der Waals surface area contributed by atoms with Gasteiger partial charge in [0.2, 0.25) is 0 Å². The molecule has 0 fully saturated rings. The zero-order valence-corrected chi connectivity index (χ0v) is 11.6. The van der Waals surface area contributed by atoms with Gasteiger partial charge in [0.25, 0.3) is 0 Å². The molecule has 102 valence electrons. The van der Waals surface area contributed by atoms with E-state index in [1.165, 1.54) is 10.1 Å². The molecule has 4 nitrogen and oxygen atoms in total. The third-order valence-electron chi connectivity index (χ3n) is 3.12. The fourth-order valence-electron chi connectivity index (χ4n) is 2.03. The standard InChI is InChI=1S/C15H13ClN2O2/c1-10-2-5-12(6-3-10)17-9-18-13-7-4-11(16)8-14(13)20-15(18)19/h2-8,17H,9H2,1H3. The van der Waals surface area contributed by atoms with Gasteiger partial charge in [0, 0.05) is 16.8 Å². The molecule has 20 heavy (non-hydrogen) atoms. The molecule has 0 aliphatic carbocycles. The number of oxazole rings is 1. The predicted molar refractivity (Wildman–Crippen MR) is 80.3 cm³/mol. The number of benzene rings is 2. The SMILES string of the molecule is Cc1ccc(NCn2c(=O)oc3cc(Cl)ccc32)cc1. The van der Waals surface area contributed by atoms with Crippen LogP contribution >= 0.6 is 11.6 Å². The van der Waals surface area contributed by atoms with Crippen molar-refractivity contribution in [2.24, 2.45) is 0 Å². The highest BCUT2D eigenvalue weighted by Crippen LogP contribution is 2.18. The molecule has 0 spiro atoms. The van der Waals surface area contributed by atoms with E-state index in [1.807, 2.05) is 31.2 Å². The Kier molecular flexibility index (Phi) is 3.24. The van der Waals surface area contributed by atoms with Crippen molar-refractivity contribution < 1.29 is 4.42 Å².